The van der Waals surface area contributed by atoms with E-state index < -0.39 is 0 Å². The van der Waals surface area contributed by atoms with Crippen molar-refractivity contribution in [3.05, 3.63) is 44.8 Å². The van der Waals surface area contributed by atoms with Crippen molar-refractivity contribution in [2.75, 3.05) is 0 Å². The number of halogens is 1. The van der Waals surface area contributed by atoms with Crippen molar-refractivity contribution in [3.63, 3.8) is 0 Å². The van der Waals surface area contributed by atoms with E-state index in [9.17, 15) is 0 Å². The Labute approximate surface area is 119 Å². The molecule has 0 saturated heterocycles. The highest BCUT2D eigenvalue weighted by molar-refractivity contribution is 9.10. The number of nitrogens with two attached hydrogens (primary N) is 1. The fourth-order valence-corrected chi connectivity index (χ4v) is 2.57. The molecule has 0 aliphatic heterocycles. The SMILES string of the molecule is CC(N)Cc1cc(Br)ccc1OCc1cncs1. The molecule has 1 unspecified atom stereocenters. The van der Waals surface area contributed by atoms with Crippen LogP contribution in [0.1, 0.15) is 17.4 Å². The summed E-state index contributed by atoms with van der Waals surface area (Å²) in [7, 11) is 0. The highest BCUT2D eigenvalue weighted by Gasteiger charge is 2.08. The molecule has 0 amide bonds. The fourth-order valence-electron chi connectivity index (χ4n) is 1.66. The predicted octanol–water partition coefficient (Wildman–Crippen LogP) is 3.37. The van der Waals surface area contributed by atoms with Crippen LogP contribution in [0, 0.1) is 0 Å². The first kappa shape index (κ1) is 13.5. The smallest absolute Gasteiger partial charge is 0.124 e. The molecule has 3 nitrogen and oxygen atoms in total. The lowest BCUT2D eigenvalue weighted by atomic mass is 10.1. The minimum Gasteiger partial charge on any atom is -0.488 e. The number of ether oxygens (including phenoxy) is 1. The summed E-state index contributed by atoms with van der Waals surface area (Å²) in [5.74, 6) is 0.893. The first-order chi connectivity index (χ1) is 8.65. The van der Waals surface area contributed by atoms with Crippen LogP contribution in [0.3, 0.4) is 0 Å². The van der Waals surface area contributed by atoms with Gasteiger partial charge in [-0.1, -0.05) is 15.9 Å². The molecule has 5 heteroatoms. The van der Waals surface area contributed by atoms with Crippen molar-refractivity contribution >= 4 is 27.3 Å². The minimum absolute atomic E-state index is 0.116. The van der Waals surface area contributed by atoms with Gasteiger partial charge in [0.2, 0.25) is 0 Å². The Kier molecular flexibility index (Phi) is 4.74. The van der Waals surface area contributed by atoms with Crippen LogP contribution in [0.4, 0.5) is 0 Å². The molecule has 0 saturated carbocycles. The molecule has 0 radical (unpaired) electrons. The van der Waals surface area contributed by atoms with Crippen molar-refractivity contribution in [2.45, 2.75) is 26.0 Å². The van der Waals surface area contributed by atoms with E-state index in [0.29, 0.717) is 6.61 Å². The summed E-state index contributed by atoms with van der Waals surface area (Å²) in [6.07, 6.45) is 2.63. The highest BCUT2D eigenvalue weighted by atomic mass is 79.9. The Bertz CT molecular complexity index is 500. The van der Waals surface area contributed by atoms with E-state index in [4.69, 9.17) is 10.5 Å². The maximum Gasteiger partial charge on any atom is 0.124 e. The summed E-state index contributed by atoms with van der Waals surface area (Å²) in [5.41, 5.74) is 8.79. The largest absolute Gasteiger partial charge is 0.488 e. The van der Waals surface area contributed by atoms with Gasteiger partial charge in [-0.25, -0.2) is 0 Å². The molecule has 2 N–H and O–H groups in total. The molecule has 0 aliphatic carbocycles. The molecule has 18 heavy (non-hydrogen) atoms. The second-order valence-corrected chi connectivity index (χ2v) is 6.08. The summed E-state index contributed by atoms with van der Waals surface area (Å²) in [5, 5.41) is 0. The first-order valence-corrected chi connectivity index (χ1v) is 7.36. The molecule has 2 aromatic rings. The standard InChI is InChI=1S/C13H15BrN2OS/c1-9(15)4-10-5-11(14)2-3-13(10)17-7-12-6-16-8-18-12/h2-3,5-6,8-9H,4,7,15H2,1H3. The number of benzene rings is 1. The zero-order valence-electron chi connectivity index (χ0n) is 10.1. The van der Waals surface area contributed by atoms with Crippen LogP contribution in [-0.2, 0) is 13.0 Å². The van der Waals surface area contributed by atoms with E-state index >= 15 is 0 Å². The van der Waals surface area contributed by atoms with Gasteiger partial charge in [0.1, 0.15) is 12.4 Å². The van der Waals surface area contributed by atoms with Crippen LogP contribution in [0.25, 0.3) is 0 Å². The third-order valence-corrected chi connectivity index (χ3v) is 3.66. The average Bonchev–Trinajstić information content (AvgIpc) is 2.80. The second kappa shape index (κ2) is 6.31. The van der Waals surface area contributed by atoms with Crippen LogP contribution in [0.2, 0.25) is 0 Å². The van der Waals surface area contributed by atoms with Crippen molar-refractivity contribution in [1.82, 2.24) is 4.98 Å². The van der Waals surface area contributed by atoms with Crippen LogP contribution < -0.4 is 10.5 Å². The molecule has 0 aliphatic rings. The molecule has 0 bridgehead atoms. The number of aromatic nitrogens is 1. The Balaban J connectivity index is 2.10. The van der Waals surface area contributed by atoms with Crippen molar-refractivity contribution < 1.29 is 4.74 Å². The molecule has 1 aromatic carbocycles. The molecule has 2 rings (SSSR count). The maximum absolute atomic E-state index is 5.86. The van der Waals surface area contributed by atoms with Gasteiger partial charge < -0.3 is 10.5 Å². The van der Waals surface area contributed by atoms with Crippen molar-refractivity contribution in [2.24, 2.45) is 5.73 Å². The molecular weight excluding hydrogens is 312 g/mol. The van der Waals surface area contributed by atoms with Gasteiger partial charge >= 0.3 is 0 Å². The molecule has 0 fully saturated rings. The Morgan fingerprint density at radius 2 is 2.33 bits per heavy atom. The lowest BCUT2D eigenvalue weighted by Gasteiger charge is -2.13. The number of hydrogen-bond acceptors (Lipinski definition) is 4. The lowest BCUT2D eigenvalue weighted by Crippen LogP contribution is -2.18. The highest BCUT2D eigenvalue weighted by Crippen LogP contribution is 2.25. The number of rotatable bonds is 5. The van der Waals surface area contributed by atoms with E-state index in [1.165, 1.54) is 0 Å². The Hall–Kier alpha value is -0.910. The summed E-state index contributed by atoms with van der Waals surface area (Å²) < 4.78 is 6.88. The molecular formula is C13H15BrN2OS. The third-order valence-electron chi connectivity index (χ3n) is 2.42. The van der Waals surface area contributed by atoms with E-state index in [0.717, 1.165) is 27.1 Å². The Morgan fingerprint density at radius 3 is 3.00 bits per heavy atom. The predicted molar refractivity (Wildman–Crippen MR) is 77.9 cm³/mol. The van der Waals surface area contributed by atoms with Crippen LogP contribution in [-0.4, -0.2) is 11.0 Å². The average molecular weight is 327 g/mol. The van der Waals surface area contributed by atoms with E-state index in [1.807, 2.05) is 30.8 Å². The van der Waals surface area contributed by atoms with Gasteiger partial charge in [0.05, 0.1) is 10.4 Å². The molecule has 1 aromatic heterocycles. The normalized spacial score (nSPS) is 12.4. The van der Waals surface area contributed by atoms with Crippen LogP contribution >= 0.6 is 27.3 Å². The lowest BCUT2D eigenvalue weighted by molar-refractivity contribution is 0.305. The number of nitrogens with zero attached hydrogens (tertiary/aromatic N) is 1. The third kappa shape index (κ3) is 3.80. The number of thiazole rings is 1. The van der Waals surface area contributed by atoms with Gasteiger partial charge in [0.25, 0.3) is 0 Å². The quantitative estimate of drug-likeness (QED) is 0.916. The van der Waals surface area contributed by atoms with Crippen molar-refractivity contribution in [3.8, 4) is 5.75 Å². The summed E-state index contributed by atoms with van der Waals surface area (Å²) in [6, 6.07) is 6.13. The topological polar surface area (TPSA) is 48.1 Å². The minimum atomic E-state index is 0.116. The van der Waals surface area contributed by atoms with E-state index in [2.05, 4.69) is 27.0 Å². The zero-order valence-corrected chi connectivity index (χ0v) is 12.5. The second-order valence-electron chi connectivity index (χ2n) is 4.19. The van der Waals surface area contributed by atoms with Gasteiger partial charge in [0, 0.05) is 16.7 Å². The number of hydrogen-bond donors (Lipinski definition) is 1. The fraction of sp³-hybridized carbons (Fsp3) is 0.308. The summed E-state index contributed by atoms with van der Waals surface area (Å²) in [6.45, 7) is 2.55. The molecule has 1 heterocycles. The molecule has 1 atom stereocenters. The monoisotopic (exact) mass is 326 g/mol. The van der Waals surface area contributed by atoms with Crippen LogP contribution in [0.5, 0.6) is 5.75 Å². The van der Waals surface area contributed by atoms with E-state index in [-0.39, 0.29) is 6.04 Å². The van der Waals surface area contributed by atoms with Gasteiger partial charge in [-0.3, -0.25) is 4.98 Å². The summed E-state index contributed by atoms with van der Waals surface area (Å²) in [4.78, 5) is 5.15. The van der Waals surface area contributed by atoms with Gasteiger partial charge in [-0.05, 0) is 37.1 Å². The Morgan fingerprint density at radius 1 is 1.50 bits per heavy atom. The van der Waals surface area contributed by atoms with Gasteiger partial charge in [0.15, 0.2) is 0 Å². The maximum atomic E-state index is 5.86. The van der Waals surface area contributed by atoms with Gasteiger partial charge in [-0.15, -0.1) is 11.3 Å². The zero-order chi connectivity index (χ0) is 13.0. The van der Waals surface area contributed by atoms with Gasteiger partial charge in [-0.2, -0.15) is 0 Å². The molecule has 96 valence electrons. The van der Waals surface area contributed by atoms with E-state index in [1.54, 1.807) is 11.3 Å². The first-order valence-electron chi connectivity index (χ1n) is 5.69. The van der Waals surface area contributed by atoms with Crippen LogP contribution in [0.15, 0.2) is 34.4 Å². The molecule has 0 spiro atoms. The summed E-state index contributed by atoms with van der Waals surface area (Å²) >= 11 is 5.07. The van der Waals surface area contributed by atoms with Crippen molar-refractivity contribution in [1.29, 1.82) is 0 Å².